The molecule has 1 aromatic rings. The molecule has 5 aliphatic rings. The van der Waals surface area contributed by atoms with Gasteiger partial charge in [-0.05, 0) is 14.0 Å². The van der Waals surface area contributed by atoms with Crippen LogP contribution < -0.4 is 21.3 Å². The molecule has 3 fully saturated rings. The Morgan fingerprint density at radius 3 is 2.60 bits per heavy atom. The molecule has 5 aliphatic heterocycles. The van der Waals surface area contributed by atoms with E-state index in [1.165, 1.54) is 0 Å². The summed E-state index contributed by atoms with van der Waals surface area (Å²) in [5, 5.41) is 12.9. The van der Waals surface area contributed by atoms with Crippen molar-refractivity contribution in [1.29, 1.82) is 0 Å². The zero-order valence-corrected chi connectivity index (χ0v) is 18.8. The summed E-state index contributed by atoms with van der Waals surface area (Å²) in [6, 6.07) is 0.758. The lowest BCUT2D eigenvalue weighted by molar-refractivity contribution is -0.120. The summed E-state index contributed by atoms with van der Waals surface area (Å²) < 4.78 is 6.22. The van der Waals surface area contributed by atoms with E-state index < -0.39 is 5.72 Å². The third kappa shape index (κ3) is 2.20. The lowest BCUT2D eigenvalue weighted by Crippen LogP contribution is -2.54. The van der Waals surface area contributed by atoms with Crippen LogP contribution in [0.2, 0.25) is 0 Å². The third-order valence-corrected chi connectivity index (χ3v) is 10.0. The SMILES string of the molecule is CO[C@@]12[C@H](CC(N)=O)c3c(c(O)c(C)c4c3=N[C@H]3CSSC[C@@H]3N=4)N1C[C@H]1[C@@H]2N1C. The number of piperazine rings is 1. The lowest BCUT2D eigenvalue weighted by Gasteiger charge is -2.40. The summed E-state index contributed by atoms with van der Waals surface area (Å²) in [5.41, 5.74) is 7.40. The molecule has 5 heterocycles. The van der Waals surface area contributed by atoms with Gasteiger partial charge in [0, 0.05) is 54.7 Å². The number of phenolic OH excluding ortho intramolecular Hbond substituents is 1. The second-order valence-electron chi connectivity index (χ2n) is 8.86. The van der Waals surface area contributed by atoms with Gasteiger partial charge in [-0.3, -0.25) is 19.7 Å². The summed E-state index contributed by atoms with van der Waals surface area (Å²) >= 11 is 0. The molecule has 3 saturated heterocycles. The van der Waals surface area contributed by atoms with Crippen LogP contribution in [0.1, 0.15) is 23.5 Å². The van der Waals surface area contributed by atoms with Crippen molar-refractivity contribution in [2.75, 3.05) is 37.1 Å². The van der Waals surface area contributed by atoms with Gasteiger partial charge in [-0.2, -0.15) is 0 Å². The van der Waals surface area contributed by atoms with E-state index in [0.717, 1.165) is 45.6 Å². The van der Waals surface area contributed by atoms with Gasteiger partial charge in [0.05, 0.1) is 34.5 Å². The molecule has 0 aliphatic carbocycles. The van der Waals surface area contributed by atoms with Crippen LogP contribution >= 0.6 is 21.6 Å². The van der Waals surface area contributed by atoms with Gasteiger partial charge in [0.2, 0.25) is 5.91 Å². The predicted molar refractivity (Wildman–Crippen MR) is 117 cm³/mol. The Hall–Kier alpha value is -1.49. The first-order chi connectivity index (χ1) is 14.4. The van der Waals surface area contributed by atoms with Gasteiger partial charge in [-0.15, -0.1) is 0 Å². The number of likely N-dealkylation sites (N-methyl/N-ethyl adjacent to an activating group) is 1. The smallest absolute Gasteiger partial charge is 0.218 e. The summed E-state index contributed by atoms with van der Waals surface area (Å²) in [6.45, 7) is 2.66. The molecule has 1 amide bonds. The molecule has 3 N–H and O–H groups in total. The normalized spacial score (nSPS) is 39.8. The zero-order chi connectivity index (χ0) is 20.9. The zero-order valence-electron chi connectivity index (χ0n) is 17.2. The van der Waals surface area contributed by atoms with E-state index in [0.29, 0.717) is 6.04 Å². The largest absolute Gasteiger partial charge is 0.505 e. The highest BCUT2D eigenvalue weighted by Crippen LogP contribution is 2.62. The van der Waals surface area contributed by atoms with Crippen LogP contribution in [-0.2, 0) is 9.53 Å². The van der Waals surface area contributed by atoms with Crippen molar-refractivity contribution in [2.45, 2.75) is 49.2 Å². The molecule has 0 radical (unpaired) electrons. The molecule has 0 saturated carbocycles. The van der Waals surface area contributed by atoms with E-state index in [-0.39, 0.29) is 42.1 Å². The van der Waals surface area contributed by atoms with Crippen molar-refractivity contribution in [2.24, 2.45) is 15.7 Å². The molecule has 30 heavy (non-hydrogen) atoms. The number of nitrogens with two attached hydrogens (primary N) is 1. The van der Waals surface area contributed by atoms with Crippen molar-refractivity contribution < 1.29 is 14.6 Å². The van der Waals surface area contributed by atoms with Gasteiger partial charge >= 0.3 is 0 Å². The number of fused-ring (bicyclic) bond motifs is 8. The number of ether oxygens (including phenoxy) is 1. The highest BCUT2D eigenvalue weighted by molar-refractivity contribution is 8.76. The summed E-state index contributed by atoms with van der Waals surface area (Å²) in [5.74, 6) is 1.40. The van der Waals surface area contributed by atoms with Gasteiger partial charge in [0.25, 0.3) is 0 Å². The number of hydrogen-bond donors (Lipinski definition) is 2. The molecule has 160 valence electrons. The number of phenols is 1. The monoisotopic (exact) mass is 447 g/mol. The fourth-order valence-electron chi connectivity index (χ4n) is 6.14. The fraction of sp³-hybridized carbons (Fsp3) is 0.650. The molecular formula is C20H25N5O3S2. The second-order valence-corrected chi connectivity index (χ2v) is 11.4. The van der Waals surface area contributed by atoms with Gasteiger partial charge in [0.15, 0.2) is 5.72 Å². The number of primary amides is 1. The van der Waals surface area contributed by atoms with Gasteiger partial charge in [-0.1, -0.05) is 21.6 Å². The fourth-order valence-corrected chi connectivity index (χ4v) is 8.62. The Bertz CT molecular complexity index is 1100. The minimum atomic E-state index is -0.723. The van der Waals surface area contributed by atoms with Gasteiger partial charge < -0.3 is 20.5 Å². The molecular weight excluding hydrogens is 422 g/mol. The Morgan fingerprint density at radius 1 is 1.30 bits per heavy atom. The van der Waals surface area contributed by atoms with E-state index >= 15 is 0 Å². The minimum absolute atomic E-state index is 0.122. The number of benzene rings is 1. The second kappa shape index (κ2) is 6.27. The van der Waals surface area contributed by atoms with Gasteiger partial charge in [0.1, 0.15) is 5.75 Å². The Balaban J connectivity index is 1.66. The van der Waals surface area contributed by atoms with E-state index in [4.69, 9.17) is 20.5 Å². The first-order valence-corrected chi connectivity index (χ1v) is 12.8. The van der Waals surface area contributed by atoms with Crippen LogP contribution in [0.5, 0.6) is 5.75 Å². The van der Waals surface area contributed by atoms with Crippen molar-refractivity contribution in [3.8, 4) is 5.75 Å². The standard InChI is InChI=1S/C20H25N5O3S2/c1-8-15-16(23-11-7-30-29-6-10(11)22-15)14-9(4-13(21)26)20(28-3)19-12(24(19)2)5-25(20)17(14)18(8)27/h9-12,19,27H,4-7H2,1-3H3,(H2,21,26)/t9-,10+,11+,12+,19+,20-,24?/m1/s1. The average Bonchev–Trinajstić information content (AvgIpc) is 3.12. The Kier molecular flexibility index (Phi) is 4.02. The van der Waals surface area contributed by atoms with E-state index in [2.05, 4.69) is 16.8 Å². The summed E-state index contributed by atoms with van der Waals surface area (Å²) in [4.78, 5) is 26.8. The number of amides is 1. The predicted octanol–water partition coefficient (Wildman–Crippen LogP) is -0.0965. The van der Waals surface area contributed by atoms with E-state index in [9.17, 15) is 9.90 Å². The first-order valence-electron chi connectivity index (χ1n) is 10.3. The number of hydrogen-bond acceptors (Lipinski definition) is 9. The first kappa shape index (κ1) is 19.2. The number of carbonyl (C=O) groups is 1. The average molecular weight is 448 g/mol. The van der Waals surface area contributed by atoms with Crippen molar-refractivity contribution in [3.05, 3.63) is 21.8 Å². The molecule has 10 heteroatoms. The molecule has 8 nitrogen and oxygen atoms in total. The van der Waals surface area contributed by atoms with Crippen LogP contribution in [-0.4, -0.2) is 78.0 Å². The quantitative estimate of drug-likeness (QED) is 0.493. The number of methoxy groups -OCH3 is 1. The molecule has 0 aromatic heterocycles. The molecule has 0 spiro atoms. The maximum absolute atomic E-state index is 12.2. The Morgan fingerprint density at radius 2 is 1.97 bits per heavy atom. The van der Waals surface area contributed by atoms with Gasteiger partial charge in [-0.25, -0.2) is 0 Å². The number of nitrogens with zero attached hydrogens (tertiary/aromatic N) is 4. The van der Waals surface area contributed by atoms with Crippen LogP contribution in [0.25, 0.3) is 0 Å². The maximum Gasteiger partial charge on any atom is 0.218 e. The topological polar surface area (TPSA) is 104 Å². The van der Waals surface area contributed by atoms with E-state index in [1.807, 2.05) is 28.5 Å². The molecule has 1 unspecified atom stereocenters. The van der Waals surface area contributed by atoms with Crippen molar-refractivity contribution in [1.82, 2.24) is 4.90 Å². The molecule has 6 rings (SSSR count). The number of aromatic hydroxyl groups is 1. The highest BCUT2D eigenvalue weighted by Gasteiger charge is 2.73. The van der Waals surface area contributed by atoms with Crippen LogP contribution in [0.15, 0.2) is 9.98 Å². The highest BCUT2D eigenvalue weighted by atomic mass is 33.1. The van der Waals surface area contributed by atoms with Crippen LogP contribution in [0, 0.1) is 6.92 Å². The van der Waals surface area contributed by atoms with E-state index in [1.54, 1.807) is 7.11 Å². The third-order valence-electron chi connectivity index (χ3n) is 7.57. The molecule has 0 bridgehead atoms. The number of rotatable bonds is 3. The van der Waals surface area contributed by atoms with Crippen molar-refractivity contribution >= 4 is 33.2 Å². The van der Waals surface area contributed by atoms with Crippen LogP contribution in [0.4, 0.5) is 5.69 Å². The summed E-state index contributed by atoms with van der Waals surface area (Å²) in [6.07, 6.45) is 0.150. The summed E-state index contributed by atoms with van der Waals surface area (Å²) in [7, 11) is 7.44. The minimum Gasteiger partial charge on any atom is -0.505 e. The lowest BCUT2D eigenvalue weighted by atomic mass is 9.85. The number of carbonyl (C=O) groups excluding carboxylic acids is 1. The Labute approximate surface area is 182 Å². The number of anilines is 1. The van der Waals surface area contributed by atoms with Crippen LogP contribution in [0.3, 0.4) is 0 Å². The molecule has 1 aromatic carbocycles. The van der Waals surface area contributed by atoms with Crippen molar-refractivity contribution in [3.63, 3.8) is 0 Å². The maximum atomic E-state index is 12.2. The molecule has 7 atom stereocenters.